The maximum absolute atomic E-state index is 10.4. The van der Waals surface area contributed by atoms with Crippen molar-refractivity contribution < 1.29 is 23.8 Å². The van der Waals surface area contributed by atoms with Crippen molar-refractivity contribution in [2.75, 3.05) is 19.3 Å². The molecule has 0 heterocycles. The molecule has 70 valence electrons. The van der Waals surface area contributed by atoms with E-state index in [1.807, 2.05) is 0 Å². The Morgan fingerprint density at radius 3 is 2.25 bits per heavy atom. The molecule has 0 aromatic rings. The monoisotopic (exact) mass is 196 g/mol. The Morgan fingerprint density at radius 1 is 1.17 bits per heavy atom. The van der Waals surface area contributed by atoms with Crippen molar-refractivity contribution in [2.45, 2.75) is 6.92 Å². The predicted molar refractivity (Wildman–Crippen MR) is 39.8 cm³/mol. The standard InChI is InChI=1S/C6H9ClO5/c1-5(8)10-2-3-11-6(9)12-4-7/h2-4H2,1H3. The summed E-state index contributed by atoms with van der Waals surface area (Å²) in [6.45, 7) is 1.25. The molecule has 0 rings (SSSR count). The van der Waals surface area contributed by atoms with Crippen LogP contribution in [0.25, 0.3) is 0 Å². The molecule has 0 saturated heterocycles. The summed E-state index contributed by atoms with van der Waals surface area (Å²) in [6.07, 6.45) is -0.878. The van der Waals surface area contributed by atoms with Gasteiger partial charge in [0.05, 0.1) is 0 Å². The summed E-state index contributed by atoms with van der Waals surface area (Å²) in [5.41, 5.74) is 0. The topological polar surface area (TPSA) is 61.8 Å². The van der Waals surface area contributed by atoms with Crippen LogP contribution in [0.15, 0.2) is 0 Å². The second-order valence-electron chi connectivity index (χ2n) is 1.69. The average molecular weight is 197 g/mol. The molecule has 0 saturated carbocycles. The molecule has 0 bridgehead atoms. The number of carbonyl (C=O) groups excluding carboxylic acids is 2. The van der Waals surface area contributed by atoms with Gasteiger partial charge in [-0.1, -0.05) is 11.6 Å². The lowest BCUT2D eigenvalue weighted by molar-refractivity contribution is -0.142. The van der Waals surface area contributed by atoms with E-state index >= 15 is 0 Å². The van der Waals surface area contributed by atoms with E-state index in [1.165, 1.54) is 6.92 Å². The van der Waals surface area contributed by atoms with Crippen LogP contribution in [0.4, 0.5) is 4.79 Å². The first-order valence-electron chi connectivity index (χ1n) is 3.15. The highest BCUT2D eigenvalue weighted by atomic mass is 35.5. The number of hydrogen-bond donors (Lipinski definition) is 0. The van der Waals surface area contributed by atoms with Crippen LogP contribution in [0.1, 0.15) is 6.92 Å². The van der Waals surface area contributed by atoms with Crippen molar-refractivity contribution in [1.29, 1.82) is 0 Å². The van der Waals surface area contributed by atoms with Gasteiger partial charge < -0.3 is 14.2 Å². The summed E-state index contributed by atoms with van der Waals surface area (Å²) < 4.78 is 13.1. The van der Waals surface area contributed by atoms with Crippen LogP contribution in [-0.4, -0.2) is 31.4 Å². The summed E-state index contributed by atoms with van der Waals surface area (Å²) in [7, 11) is 0. The molecule has 0 amide bonds. The third-order valence-corrected chi connectivity index (χ3v) is 0.890. The van der Waals surface area contributed by atoms with Gasteiger partial charge in [0.2, 0.25) is 0 Å². The molecular weight excluding hydrogens is 188 g/mol. The van der Waals surface area contributed by atoms with Crippen LogP contribution in [0.5, 0.6) is 0 Å². The summed E-state index contributed by atoms with van der Waals surface area (Å²) in [5.74, 6) is -0.427. The summed E-state index contributed by atoms with van der Waals surface area (Å²) >= 11 is 5.05. The van der Waals surface area contributed by atoms with Gasteiger partial charge in [-0.2, -0.15) is 0 Å². The summed E-state index contributed by atoms with van der Waals surface area (Å²) in [6, 6.07) is -0.258. The summed E-state index contributed by atoms with van der Waals surface area (Å²) in [4.78, 5) is 20.6. The Labute approximate surface area is 74.5 Å². The Balaban J connectivity index is 3.19. The number of halogens is 1. The number of esters is 1. The smallest absolute Gasteiger partial charge is 0.462 e. The zero-order chi connectivity index (χ0) is 9.40. The van der Waals surface area contributed by atoms with E-state index in [0.717, 1.165) is 0 Å². The lowest BCUT2D eigenvalue weighted by Crippen LogP contribution is -2.12. The molecule has 6 heteroatoms. The van der Waals surface area contributed by atoms with Crippen LogP contribution in [-0.2, 0) is 19.0 Å². The van der Waals surface area contributed by atoms with Gasteiger partial charge in [0.1, 0.15) is 13.2 Å². The average Bonchev–Trinajstić information content (AvgIpc) is 1.98. The van der Waals surface area contributed by atoms with Gasteiger partial charge in [0, 0.05) is 6.92 Å². The van der Waals surface area contributed by atoms with Gasteiger partial charge in [-0.3, -0.25) is 4.79 Å². The van der Waals surface area contributed by atoms with Gasteiger partial charge in [-0.25, -0.2) is 4.79 Å². The molecule has 0 aromatic carbocycles. The van der Waals surface area contributed by atoms with Crippen LogP contribution in [0.3, 0.4) is 0 Å². The lowest BCUT2D eigenvalue weighted by Gasteiger charge is -2.03. The first-order valence-corrected chi connectivity index (χ1v) is 3.69. The molecule has 0 atom stereocenters. The van der Waals surface area contributed by atoms with Gasteiger partial charge in [-0.15, -0.1) is 0 Å². The van der Waals surface area contributed by atoms with Crippen molar-refractivity contribution in [1.82, 2.24) is 0 Å². The molecule has 0 N–H and O–H groups in total. The second-order valence-corrected chi connectivity index (χ2v) is 1.91. The molecule has 0 aliphatic heterocycles. The van der Waals surface area contributed by atoms with Crippen molar-refractivity contribution in [3.63, 3.8) is 0 Å². The van der Waals surface area contributed by atoms with E-state index in [2.05, 4.69) is 14.2 Å². The van der Waals surface area contributed by atoms with E-state index in [9.17, 15) is 9.59 Å². The highest BCUT2D eigenvalue weighted by Gasteiger charge is 2.01. The third kappa shape index (κ3) is 7.14. The number of hydrogen-bond acceptors (Lipinski definition) is 5. The molecule has 0 spiro atoms. The van der Waals surface area contributed by atoms with Crippen LogP contribution in [0.2, 0.25) is 0 Å². The van der Waals surface area contributed by atoms with Gasteiger partial charge in [0.15, 0.2) is 6.07 Å². The highest BCUT2D eigenvalue weighted by molar-refractivity contribution is 6.17. The first-order chi connectivity index (χ1) is 5.66. The van der Waals surface area contributed by atoms with Gasteiger partial charge in [0.25, 0.3) is 0 Å². The van der Waals surface area contributed by atoms with Crippen LogP contribution < -0.4 is 0 Å². The van der Waals surface area contributed by atoms with Crippen LogP contribution in [0, 0.1) is 0 Å². The fourth-order valence-corrected chi connectivity index (χ4v) is 0.486. The van der Waals surface area contributed by atoms with E-state index < -0.39 is 12.1 Å². The number of carbonyl (C=O) groups is 2. The molecule has 0 aliphatic carbocycles. The highest BCUT2D eigenvalue weighted by Crippen LogP contribution is 1.87. The minimum Gasteiger partial charge on any atom is -0.462 e. The van der Waals surface area contributed by atoms with Gasteiger partial charge in [-0.05, 0) is 0 Å². The van der Waals surface area contributed by atoms with Crippen molar-refractivity contribution in [3.05, 3.63) is 0 Å². The quantitative estimate of drug-likeness (QED) is 0.380. The molecule has 0 unspecified atom stereocenters. The molecule has 0 aliphatic rings. The molecule has 0 aromatic heterocycles. The SMILES string of the molecule is CC(=O)OCCOC(=O)OCCl. The number of alkyl halides is 1. The fourth-order valence-electron chi connectivity index (χ4n) is 0.397. The van der Waals surface area contributed by atoms with Crippen LogP contribution >= 0.6 is 11.6 Å². The Hall–Kier alpha value is -0.970. The predicted octanol–water partition coefficient (Wildman–Crippen LogP) is 0.899. The maximum atomic E-state index is 10.4. The second kappa shape index (κ2) is 6.72. The third-order valence-electron chi connectivity index (χ3n) is 0.781. The largest absolute Gasteiger partial charge is 0.509 e. The van der Waals surface area contributed by atoms with Gasteiger partial charge >= 0.3 is 12.1 Å². The lowest BCUT2D eigenvalue weighted by atomic mass is 10.7. The zero-order valence-electron chi connectivity index (χ0n) is 6.54. The van der Waals surface area contributed by atoms with E-state index in [0.29, 0.717) is 0 Å². The maximum Gasteiger partial charge on any atom is 0.509 e. The Kier molecular flexibility index (Phi) is 6.18. The van der Waals surface area contributed by atoms with E-state index in [1.54, 1.807) is 0 Å². The molecule has 0 radical (unpaired) electrons. The van der Waals surface area contributed by atoms with E-state index in [-0.39, 0.29) is 19.3 Å². The first kappa shape index (κ1) is 11.0. The minimum absolute atomic E-state index is 0.0206. The Morgan fingerprint density at radius 2 is 1.75 bits per heavy atom. The minimum atomic E-state index is -0.878. The Bertz CT molecular complexity index is 158. The molecular formula is C6H9ClO5. The number of rotatable bonds is 4. The van der Waals surface area contributed by atoms with Crippen molar-refractivity contribution in [2.24, 2.45) is 0 Å². The zero-order valence-corrected chi connectivity index (χ0v) is 7.30. The molecule has 0 fully saturated rings. The summed E-state index contributed by atoms with van der Waals surface area (Å²) in [5, 5.41) is 0. The molecule has 5 nitrogen and oxygen atoms in total. The molecule has 12 heavy (non-hydrogen) atoms. The fraction of sp³-hybridized carbons (Fsp3) is 0.667. The number of ether oxygens (including phenoxy) is 3. The van der Waals surface area contributed by atoms with Crippen molar-refractivity contribution in [3.8, 4) is 0 Å². The van der Waals surface area contributed by atoms with E-state index in [4.69, 9.17) is 11.6 Å². The normalized spacial score (nSPS) is 8.83. The van der Waals surface area contributed by atoms with Crippen molar-refractivity contribution >= 4 is 23.7 Å².